The van der Waals surface area contributed by atoms with Gasteiger partial charge in [0.1, 0.15) is 6.10 Å². The minimum absolute atomic E-state index is 0.160. The van der Waals surface area contributed by atoms with Crippen molar-refractivity contribution in [2.75, 3.05) is 0 Å². The minimum Gasteiger partial charge on any atom is -0.390 e. The Hall–Kier alpha value is -0.290. The summed E-state index contributed by atoms with van der Waals surface area (Å²) in [5, 5.41) is 20.0. The van der Waals surface area contributed by atoms with Gasteiger partial charge in [0.2, 0.25) is 0 Å². The molecule has 0 heterocycles. The third-order valence-corrected chi connectivity index (χ3v) is 10.6. The van der Waals surface area contributed by atoms with Crippen LogP contribution >= 0.6 is 0 Å². The number of rotatable bonds is 4. The van der Waals surface area contributed by atoms with Crippen LogP contribution in [0.2, 0.25) is 0 Å². The first kappa shape index (κ1) is 22.9. The second-order valence-electron chi connectivity index (χ2n) is 12.2. The van der Waals surface area contributed by atoms with Crippen molar-refractivity contribution in [1.29, 1.82) is 0 Å². The molecule has 0 aliphatic heterocycles. The van der Waals surface area contributed by atoms with E-state index in [0.29, 0.717) is 29.6 Å². The highest BCUT2D eigenvalue weighted by Crippen LogP contribution is 2.68. The van der Waals surface area contributed by atoms with Crippen LogP contribution in [0.15, 0.2) is 0 Å². The third-order valence-electron chi connectivity index (χ3n) is 10.6. The highest BCUT2D eigenvalue weighted by Gasteiger charge is 2.60. The summed E-state index contributed by atoms with van der Waals surface area (Å²) in [6.07, 6.45) is 4.76. The lowest BCUT2D eigenvalue weighted by atomic mass is 9.44. The van der Waals surface area contributed by atoms with Gasteiger partial charge in [-0.05, 0) is 118 Å². The lowest BCUT2D eigenvalue weighted by Crippen LogP contribution is -2.55. The van der Waals surface area contributed by atoms with Crippen molar-refractivity contribution in [3.8, 4) is 0 Å². The maximum atomic E-state index is 12.6. The van der Waals surface area contributed by atoms with E-state index in [0.717, 1.165) is 43.9 Å². The zero-order valence-electron chi connectivity index (χ0n) is 19.0. The molecule has 0 saturated heterocycles. The van der Waals surface area contributed by atoms with Crippen LogP contribution < -0.4 is 0 Å². The molecule has 0 bridgehead atoms. The number of aliphatic hydroxyl groups is 2. The van der Waals surface area contributed by atoms with Gasteiger partial charge >= 0.3 is 6.18 Å². The molecule has 0 spiro atoms. The molecular weight excluding hydrogens is 389 g/mol. The van der Waals surface area contributed by atoms with Crippen molar-refractivity contribution in [1.82, 2.24) is 0 Å². The fourth-order valence-electron chi connectivity index (χ4n) is 8.74. The molecule has 2 nitrogen and oxygen atoms in total. The van der Waals surface area contributed by atoms with Crippen molar-refractivity contribution in [2.45, 2.75) is 116 Å². The lowest BCUT2D eigenvalue weighted by molar-refractivity contribution is -0.205. The van der Waals surface area contributed by atoms with E-state index in [1.165, 1.54) is 32.1 Å². The van der Waals surface area contributed by atoms with Gasteiger partial charge in [-0.3, -0.25) is 0 Å². The first-order chi connectivity index (χ1) is 13.9. The Labute approximate surface area is 180 Å². The molecule has 4 saturated carbocycles. The Bertz CT molecular complexity index is 632. The number of aliphatic hydroxyl groups excluding tert-OH is 1. The minimum atomic E-state index is -4.49. The average molecular weight is 431 g/mol. The molecule has 30 heavy (non-hydrogen) atoms. The van der Waals surface area contributed by atoms with Gasteiger partial charge in [-0.25, -0.2) is 0 Å². The number of halogens is 3. The van der Waals surface area contributed by atoms with E-state index < -0.39 is 17.9 Å². The Morgan fingerprint density at radius 2 is 1.60 bits per heavy atom. The van der Waals surface area contributed by atoms with Crippen molar-refractivity contribution >= 4 is 0 Å². The summed E-state index contributed by atoms with van der Waals surface area (Å²) in [6.45, 7) is 6.93. The van der Waals surface area contributed by atoms with Gasteiger partial charge in [-0.1, -0.05) is 20.3 Å². The van der Waals surface area contributed by atoms with Crippen molar-refractivity contribution in [2.24, 2.45) is 40.4 Å². The lowest BCUT2D eigenvalue weighted by Gasteiger charge is -2.62. The maximum Gasteiger partial charge on any atom is 0.414 e. The van der Waals surface area contributed by atoms with Crippen LogP contribution in [0.3, 0.4) is 0 Å². The van der Waals surface area contributed by atoms with Gasteiger partial charge in [-0.2, -0.15) is 13.2 Å². The predicted octanol–water partition coefficient (Wildman–Crippen LogP) is 6.49. The smallest absolute Gasteiger partial charge is 0.390 e. The van der Waals surface area contributed by atoms with Crippen LogP contribution in [0.25, 0.3) is 0 Å². The van der Waals surface area contributed by atoms with Crippen LogP contribution in [0.4, 0.5) is 13.2 Å². The number of fused-ring (bicyclic) bond motifs is 5. The zero-order chi connectivity index (χ0) is 21.9. The van der Waals surface area contributed by atoms with Gasteiger partial charge in [0.15, 0.2) is 0 Å². The number of hydrogen-bond acceptors (Lipinski definition) is 2. The summed E-state index contributed by atoms with van der Waals surface area (Å²) >= 11 is 0. The molecular formula is C25H41F3O2. The van der Waals surface area contributed by atoms with Crippen molar-refractivity contribution < 1.29 is 23.4 Å². The Balaban J connectivity index is 1.42. The second kappa shape index (κ2) is 7.64. The topological polar surface area (TPSA) is 40.5 Å². The van der Waals surface area contributed by atoms with E-state index in [-0.39, 0.29) is 11.8 Å². The fraction of sp³-hybridized carbons (Fsp3) is 1.00. The highest BCUT2D eigenvalue weighted by atomic mass is 19.4. The molecule has 0 radical (unpaired) electrons. The zero-order valence-corrected chi connectivity index (χ0v) is 19.0. The fourth-order valence-corrected chi connectivity index (χ4v) is 8.74. The quantitative estimate of drug-likeness (QED) is 0.535. The standard InChI is InChI=1S/C25H41F3O2/c1-22(30)13-14-24(3)17(15-22)7-9-18-19-10-8-16(23(19,2)12-11-20(18)24)5-4-6-21(29)25(26,27)28/h16-21,29-30H,4-15H2,1-3H3/t16-,17-,18-,19-,20-,21+,22-,23+,24-/m0/s1. The number of hydrogen-bond donors (Lipinski definition) is 2. The molecule has 4 fully saturated rings. The van der Waals surface area contributed by atoms with E-state index in [1.54, 1.807) is 0 Å². The Morgan fingerprint density at radius 3 is 2.30 bits per heavy atom. The molecule has 2 N–H and O–H groups in total. The van der Waals surface area contributed by atoms with Gasteiger partial charge in [0.05, 0.1) is 5.60 Å². The molecule has 0 amide bonds. The van der Waals surface area contributed by atoms with Gasteiger partial charge < -0.3 is 10.2 Å². The molecule has 0 aromatic heterocycles. The van der Waals surface area contributed by atoms with Crippen LogP contribution in [0, 0.1) is 40.4 Å². The summed E-state index contributed by atoms with van der Waals surface area (Å²) in [7, 11) is 0. The Morgan fingerprint density at radius 1 is 0.900 bits per heavy atom. The summed E-state index contributed by atoms with van der Waals surface area (Å²) in [6, 6.07) is 0. The maximum absolute atomic E-state index is 12.6. The molecule has 5 heteroatoms. The van der Waals surface area contributed by atoms with Crippen LogP contribution in [-0.4, -0.2) is 28.1 Å². The molecule has 4 aliphatic carbocycles. The second-order valence-corrected chi connectivity index (χ2v) is 12.2. The van der Waals surface area contributed by atoms with E-state index in [9.17, 15) is 23.4 Å². The van der Waals surface area contributed by atoms with Crippen LogP contribution in [0.5, 0.6) is 0 Å². The van der Waals surface area contributed by atoms with Gasteiger partial charge in [0.25, 0.3) is 0 Å². The first-order valence-electron chi connectivity index (χ1n) is 12.3. The first-order valence-corrected chi connectivity index (χ1v) is 12.3. The van der Waals surface area contributed by atoms with Crippen molar-refractivity contribution in [3.63, 3.8) is 0 Å². The molecule has 0 aromatic carbocycles. The third kappa shape index (κ3) is 3.84. The summed E-state index contributed by atoms with van der Waals surface area (Å²) < 4.78 is 37.9. The molecule has 4 aliphatic rings. The molecule has 174 valence electrons. The van der Waals surface area contributed by atoms with Crippen LogP contribution in [-0.2, 0) is 0 Å². The van der Waals surface area contributed by atoms with E-state index in [2.05, 4.69) is 13.8 Å². The Kier molecular flexibility index (Phi) is 5.83. The molecule has 4 rings (SSSR count). The molecule has 9 atom stereocenters. The van der Waals surface area contributed by atoms with E-state index >= 15 is 0 Å². The largest absolute Gasteiger partial charge is 0.414 e. The normalized spacial score (nSPS) is 49.8. The van der Waals surface area contributed by atoms with Crippen molar-refractivity contribution in [3.05, 3.63) is 0 Å². The highest BCUT2D eigenvalue weighted by molar-refractivity contribution is 5.10. The number of alkyl halides is 3. The SMILES string of the molecule is C[C@]1(O)CC[C@@]2(C)[C@@H](CC[C@@H]3[C@@H]2CC[C@]2(C)[C@@H](CCC[C@@H](O)C(F)(F)F)CC[C@@H]32)C1. The van der Waals surface area contributed by atoms with Crippen LogP contribution in [0.1, 0.15) is 97.8 Å². The average Bonchev–Trinajstić information content (AvgIpc) is 2.98. The van der Waals surface area contributed by atoms with E-state index in [1.807, 2.05) is 6.92 Å². The van der Waals surface area contributed by atoms with Gasteiger partial charge in [0, 0.05) is 0 Å². The predicted molar refractivity (Wildman–Crippen MR) is 112 cm³/mol. The molecule has 0 unspecified atom stereocenters. The monoisotopic (exact) mass is 430 g/mol. The summed E-state index contributed by atoms with van der Waals surface area (Å²) in [5.41, 5.74) is 0.106. The summed E-state index contributed by atoms with van der Waals surface area (Å²) in [5.74, 6) is 3.33. The van der Waals surface area contributed by atoms with Gasteiger partial charge in [-0.15, -0.1) is 0 Å². The summed E-state index contributed by atoms with van der Waals surface area (Å²) in [4.78, 5) is 0. The van der Waals surface area contributed by atoms with E-state index in [4.69, 9.17) is 0 Å². The molecule has 0 aromatic rings.